The lowest BCUT2D eigenvalue weighted by atomic mass is 10.7. The van der Waals surface area contributed by atoms with Crippen molar-refractivity contribution in [2.24, 2.45) is 0 Å². The van der Waals surface area contributed by atoms with Gasteiger partial charge in [-0.05, 0) is 36.3 Å². The second kappa shape index (κ2) is 4.54. The molecule has 15 heavy (non-hydrogen) atoms. The molecule has 0 saturated carbocycles. The third-order valence-electron chi connectivity index (χ3n) is 1.55. The summed E-state index contributed by atoms with van der Waals surface area (Å²) in [5, 5.41) is 3.76. The van der Waals surface area contributed by atoms with E-state index < -0.39 is 0 Å². The summed E-state index contributed by atoms with van der Waals surface area (Å²) in [4.78, 5) is 12.6. The average Bonchev–Trinajstić information content (AvgIpc) is 2.64. The molecule has 0 aliphatic rings. The quantitative estimate of drug-likeness (QED) is 0.824. The molecular formula is C8H9N5S2. The van der Waals surface area contributed by atoms with Crippen LogP contribution in [0.25, 0.3) is 0 Å². The maximum absolute atomic E-state index is 4.28. The van der Waals surface area contributed by atoms with E-state index in [1.165, 1.54) is 23.3 Å². The van der Waals surface area contributed by atoms with Crippen LogP contribution in [0.15, 0.2) is 21.6 Å². The minimum absolute atomic E-state index is 0.612. The molecular weight excluding hydrogens is 230 g/mol. The van der Waals surface area contributed by atoms with Crippen LogP contribution in [-0.4, -0.2) is 26.4 Å². The first-order valence-electron chi connectivity index (χ1n) is 4.27. The Morgan fingerprint density at radius 3 is 2.93 bits per heavy atom. The smallest absolute Gasteiger partial charge is 0.223 e. The summed E-state index contributed by atoms with van der Waals surface area (Å²) >= 11 is 2.87. The summed E-state index contributed by atoms with van der Waals surface area (Å²) in [6, 6.07) is 1.85. The van der Waals surface area contributed by atoms with Crippen LogP contribution in [0.1, 0.15) is 5.82 Å². The lowest BCUT2D eigenvalue weighted by molar-refractivity contribution is 1.04. The molecule has 0 spiro atoms. The lowest BCUT2D eigenvalue weighted by Gasteiger charge is -1.99. The number of aromatic nitrogens is 4. The molecule has 0 aromatic carbocycles. The fraction of sp³-hybridized carbons (Fsp3) is 0.250. The number of nitrogens with one attached hydrogen (secondary N) is 1. The zero-order valence-electron chi connectivity index (χ0n) is 8.26. The summed E-state index contributed by atoms with van der Waals surface area (Å²) in [6.45, 7) is 1.87. The Bertz CT molecular complexity index is 456. The van der Waals surface area contributed by atoms with Crippen molar-refractivity contribution in [3.05, 3.63) is 18.1 Å². The number of rotatable bonds is 3. The van der Waals surface area contributed by atoms with Gasteiger partial charge in [-0.1, -0.05) is 0 Å². The van der Waals surface area contributed by atoms with E-state index in [-0.39, 0.29) is 0 Å². The monoisotopic (exact) mass is 239 g/mol. The maximum atomic E-state index is 4.28. The molecule has 2 heterocycles. The molecule has 0 unspecified atom stereocenters. The molecule has 0 amide bonds. The second-order valence-electron chi connectivity index (χ2n) is 2.68. The van der Waals surface area contributed by atoms with Gasteiger partial charge in [-0.2, -0.15) is 4.37 Å². The normalized spacial score (nSPS) is 10.3. The van der Waals surface area contributed by atoms with E-state index in [9.17, 15) is 0 Å². The number of hydrogen-bond donors (Lipinski definition) is 1. The predicted molar refractivity (Wildman–Crippen MR) is 60.3 cm³/mol. The van der Waals surface area contributed by atoms with Gasteiger partial charge >= 0.3 is 0 Å². The van der Waals surface area contributed by atoms with Crippen molar-refractivity contribution in [3.8, 4) is 0 Å². The van der Waals surface area contributed by atoms with Crippen LogP contribution in [0.5, 0.6) is 0 Å². The van der Waals surface area contributed by atoms with E-state index in [4.69, 9.17) is 0 Å². The highest BCUT2D eigenvalue weighted by Gasteiger charge is 2.04. The highest BCUT2D eigenvalue weighted by atomic mass is 32.2. The van der Waals surface area contributed by atoms with E-state index in [0.717, 1.165) is 15.2 Å². The van der Waals surface area contributed by atoms with Crippen molar-refractivity contribution in [1.82, 2.24) is 19.3 Å². The molecule has 78 valence electrons. The van der Waals surface area contributed by atoms with Crippen molar-refractivity contribution in [2.75, 3.05) is 12.4 Å². The number of aryl methyl sites for hydroxylation is 1. The van der Waals surface area contributed by atoms with Gasteiger partial charge in [0.05, 0.1) is 0 Å². The fourth-order valence-corrected chi connectivity index (χ4v) is 2.49. The highest BCUT2D eigenvalue weighted by Crippen LogP contribution is 2.27. The molecule has 0 atom stereocenters. The molecule has 0 fully saturated rings. The first kappa shape index (κ1) is 10.3. The van der Waals surface area contributed by atoms with Gasteiger partial charge in [0, 0.05) is 13.2 Å². The number of nitrogens with zero attached hydrogens (tertiary/aromatic N) is 4. The zero-order valence-corrected chi connectivity index (χ0v) is 9.89. The van der Waals surface area contributed by atoms with Gasteiger partial charge in [-0.25, -0.2) is 15.0 Å². The van der Waals surface area contributed by atoms with E-state index in [2.05, 4.69) is 24.6 Å². The summed E-state index contributed by atoms with van der Waals surface area (Å²) in [7, 11) is 1.79. The Morgan fingerprint density at radius 1 is 1.40 bits per heavy atom. The molecule has 7 heteroatoms. The van der Waals surface area contributed by atoms with Gasteiger partial charge in [0.2, 0.25) is 5.95 Å². The van der Waals surface area contributed by atoms with E-state index in [1.807, 2.05) is 13.0 Å². The van der Waals surface area contributed by atoms with Gasteiger partial charge in [0.25, 0.3) is 0 Å². The molecule has 1 N–H and O–H groups in total. The third kappa shape index (κ3) is 2.63. The minimum atomic E-state index is 0.612. The van der Waals surface area contributed by atoms with Gasteiger partial charge < -0.3 is 5.32 Å². The Morgan fingerprint density at radius 2 is 2.27 bits per heavy atom. The van der Waals surface area contributed by atoms with Crippen LogP contribution >= 0.6 is 23.3 Å². The van der Waals surface area contributed by atoms with E-state index in [1.54, 1.807) is 13.2 Å². The highest BCUT2D eigenvalue weighted by molar-refractivity contribution is 8.00. The average molecular weight is 239 g/mol. The van der Waals surface area contributed by atoms with Crippen molar-refractivity contribution >= 4 is 29.2 Å². The predicted octanol–water partition coefficient (Wildman–Crippen LogP) is 1.83. The molecule has 5 nitrogen and oxygen atoms in total. The van der Waals surface area contributed by atoms with Crippen LogP contribution in [-0.2, 0) is 0 Å². The molecule has 0 aliphatic heterocycles. The molecule has 2 aromatic rings. The molecule has 0 saturated heterocycles. The van der Waals surface area contributed by atoms with E-state index in [0.29, 0.717) is 5.95 Å². The molecule has 0 bridgehead atoms. The molecule has 0 aliphatic carbocycles. The first-order valence-corrected chi connectivity index (χ1v) is 5.86. The van der Waals surface area contributed by atoms with Crippen molar-refractivity contribution in [3.63, 3.8) is 0 Å². The lowest BCUT2D eigenvalue weighted by Crippen LogP contribution is -1.95. The van der Waals surface area contributed by atoms with Crippen LogP contribution in [0.2, 0.25) is 0 Å². The van der Waals surface area contributed by atoms with Crippen molar-refractivity contribution < 1.29 is 0 Å². The van der Waals surface area contributed by atoms with Crippen LogP contribution in [0, 0.1) is 6.92 Å². The Labute approximate surface area is 95.6 Å². The number of hydrogen-bond acceptors (Lipinski definition) is 7. The van der Waals surface area contributed by atoms with Crippen LogP contribution in [0.3, 0.4) is 0 Å². The standard InChI is InChI=1S/C8H9N5S2/c1-5-11-8(15-13-5)14-6-3-4-10-7(9-2)12-6/h3-4H,1-2H3,(H,9,10,12). The topological polar surface area (TPSA) is 63.6 Å². The van der Waals surface area contributed by atoms with Gasteiger partial charge in [-0.15, -0.1) is 0 Å². The van der Waals surface area contributed by atoms with Crippen LogP contribution < -0.4 is 5.32 Å². The Kier molecular flexibility index (Phi) is 3.12. The summed E-state index contributed by atoms with van der Waals surface area (Å²) in [6.07, 6.45) is 1.72. The minimum Gasteiger partial charge on any atom is -0.357 e. The molecule has 2 rings (SSSR count). The maximum Gasteiger partial charge on any atom is 0.223 e. The van der Waals surface area contributed by atoms with Gasteiger partial charge in [0.15, 0.2) is 4.34 Å². The Balaban J connectivity index is 2.16. The first-order chi connectivity index (χ1) is 7.28. The zero-order chi connectivity index (χ0) is 10.7. The summed E-state index contributed by atoms with van der Waals surface area (Å²) in [5.41, 5.74) is 0. The van der Waals surface area contributed by atoms with Gasteiger partial charge in [0.1, 0.15) is 10.9 Å². The SMILES string of the molecule is CNc1nccc(Sc2nc(C)ns2)n1. The van der Waals surface area contributed by atoms with Crippen molar-refractivity contribution in [2.45, 2.75) is 16.3 Å². The molecule has 0 radical (unpaired) electrons. The van der Waals surface area contributed by atoms with Crippen LogP contribution in [0.4, 0.5) is 5.95 Å². The number of anilines is 1. The largest absolute Gasteiger partial charge is 0.357 e. The second-order valence-corrected chi connectivity index (χ2v) is 4.70. The van der Waals surface area contributed by atoms with Crippen molar-refractivity contribution in [1.29, 1.82) is 0 Å². The summed E-state index contributed by atoms with van der Waals surface area (Å²) < 4.78 is 5.00. The molecule has 2 aromatic heterocycles. The van der Waals surface area contributed by atoms with E-state index >= 15 is 0 Å². The fourth-order valence-electron chi connectivity index (χ4n) is 0.928. The third-order valence-corrected chi connectivity index (χ3v) is 3.33. The Hall–Kier alpha value is -1.21. The van der Waals surface area contributed by atoms with Gasteiger partial charge in [-0.3, -0.25) is 0 Å². The summed E-state index contributed by atoms with van der Waals surface area (Å²) in [5.74, 6) is 1.41.